The van der Waals surface area contributed by atoms with Gasteiger partial charge in [-0.2, -0.15) is 0 Å². The molecule has 1 saturated carbocycles. The second-order valence-electron chi connectivity index (χ2n) is 7.46. The smallest absolute Gasteiger partial charge is 0.0252 e. The highest BCUT2D eigenvalue weighted by molar-refractivity contribution is 4.99. The highest BCUT2D eigenvalue weighted by atomic mass is 15.2. The predicted molar refractivity (Wildman–Crippen MR) is 88.0 cm³/mol. The molecule has 0 bridgehead atoms. The summed E-state index contributed by atoms with van der Waals surface area (Å²) in [6, 6.07) is 1.43. The number of hydrogen-bond donors (Lipinski definition) is 1. The van der Waals surface area contributed by atoms with Crippen molar-refractivity contribution in [1.29, 1.82) is 0 Å². The molecule has 0 radical (unpaired) electrons. The zero-order chi connectivity index (χ0) is 14.5. The minimum atomic E-state index is 0.667. The van der Waals surface area contributed by atoms with Crippen LogP contribution in [0.2, 0.25) is 0 Å². The molecule has 0 spiro atoms. The average Bonchev–Trinajstić information content (AvgIpc) is 2.45. The molecular weight excluding hydrogens is 244 g/mol. The molecule has 0 amide bonds. The molecule has 1 N–H and O–H groups in total. The zero-order valence-electron chi connectivity index (χ0n) is 14.0. The Morgan fingerprint density at radius 3 is 2.50 bits per heavy atom. The van der Waals surface area contributed by atoms with Crippen LogP contribution in [0.3, 0.4) is 0 Å². The van der Waals surface area contributed by atoms with Crippen molar-refractivity contribution in [2.45, 2.75) is 71.9 Å². The maximum atomic E-state index is 3.82. The largest absolute Gasteiger partial charge is 0.311 e. The van der Waals surface area contributed by atoms with Gasteiger partial charge < -0.3 is 5.32 Å². The molecule has 2 atom stereocenters. The third-order valence-electron chi connectivity index (χ3n) is 5.22. The van der Waals surface area contributed by atoms with Gasteiger partial charge in [0.2, 0.25) is 0 Å². The molecule has 0 aromatic heterocycles. The van der Waals surface area contributed by atoms with E-state index in [9.17, 15) is 0 Å². The van der Waals surface area contributed by atoms with Gasteiger partial charge in [-0.3, -0.25) is 4.90 Å². The number of rotatable bonds is 4. The SMILES string of the molecule is CC(C)=CCN1CC(C(C)C)NCC1C1CCCCC1. The van der Waals surface area contributed by atoms with Gasteiger partial charge in [0.1, 0.15) is 0 Å². The fourth-order valence-electron chi connectivity index (χ4n) is 3.79. The summed E-state index contributed by atoms with van der Waals surface area (Å²) >= 11 is 0. The van der Waals surface area contributed by atoms with Crippen LogP contribution in [0.1, 0.15) is 59.8 Å². The first kappa shape index (κ1) is 16.0. The summed E-state index contributed by atoms with van der Waals surface area (Å²) in [5, 5.41) is 3.82. The molecule has 20 heavy (non-hydrogen) atoms. The molecule has 1 heterocycles. The van der Waals surface area contributed by atoms with Gasteiger partial charge in [0.05, 0.1) is 0 Å². The second kappa shape index (κ2) is 7.61. The van der Waals surface area contributed by atoms with Gasteiger partial charge >= 0.3 is 0 Å². The summed E-state index contributed by atoms with van der Waals surface area (Å²) in [5.74, 6) is 1.66. The summed E-state index contributed by atoms with van der Waals surface area (Å²) in [6.07, 6.45) is 9.67. The van der Waals surface area contributed by atoms with E-state index >= 15 is 0 Å². The fraction of sp³-hybridized carbons (Fsp3) is 0.889. The Morgan fingerprint density at radius 2 is 1.90 bits per heavy atom. The van der Waals surface area contributed by atoms with Crippen LogP contribution in [0.25, 0.3) is 0 Å². The van der Waals surface area contributed by atoms with Gasteiger partial charge in [-0.25, -0.2) is 0 Å². The molecular formula is C18H34N2. The molecule has 2 heteroatoms. The van der Waals surface area contributed by atoms with Crippen LogP contribution in [-0.2, 0) is 0 Å². The number of nitrogens with one attached hydrogen (secondary N) is 1. The Bertz CT molecular complexity index is 311. The van der Waals surface area contributed by atoms with Crippen LogP contribution in [0.15, 0.2) is 11.6 Å². The van der Waals surface area contributed by atoms with Gasteiger partial charge in [-0.05, 0) is 38.5 Å². The van der Waals surface area contributed by atoms with Crippen LogP contribution in [0.4, 0.5) is 0 Å². The molecule has 2 fully saturated rings. The van der Waals surface area contributed by atoms with Gasteiger partial charge in [0.25, 0.3) is 0 Å². The van der Waals surface area contributed by atoms with Crippen molar-refractivity contribution in [2.24, 2.45) is 11.8 Å². The molecule has 2 nitrogen and oxygen atoms in total. The Morgan fingerprint density at radius 1 is 1.20 bits per heavy atom. The monoisotopic (exact) mass is 278 g/mol. The third kappa shape index (κ3) is 4.33. The maximum Gasteiger partial charge on any atom is 0.0252 e. The van der Waals surface area contributed by atoms with Gasteiger partial charge in [0, 0.05) is 31.7 Å². The van der Waals surface area contributed by atoms with Crippen molar-refractivity contribution in [3.8, 4) is 0 Å². The number of hydrogen-bond acceptors (Lipinski definition) is 2. The molecule has 116 valence electrons. The van der Waals surface area contributed by atoms with Crippen LogP contribution >= 0.6 is 0 Å². The Labute approximate surface area is 126 Å². The van der Waals surface area contributed by atoms with E-state index in [2.05, 4.69) is 44.0 Å². The maximum absolute atomic E-state index is 3.82. The zero-order valence-corrected chi connectivity index (χ0v) is 14.0. The fourth-order valence-corrected chi connectivity index (χ4v) is 3.79. The van der Waals surface area contributed by atoms with Crippen molar-refractivity contribution in [3.63, 3.8) is 0 Å². The summed E-state index contributed by atoms with van der Waals surface area (Å²) in [7, 11) is 0. The topological polar surface area (TPSA) is 15.3 Å². The van der Waals surface area contributed by atoms with Crippen LogP contribution < -0.4 is 5.32 Å². The van der Waals surface area contributed by atoms with Gasteiger partial charge in [0.15, 0.2) is 0 Å². The van der Waals surface area contributed by atoms with E-state index in [1.54, 1.807) is 0 Å². The molecule has 2 aliphatic rings. The highest BCUT2D eigenvalue weighted by Gasteiger charge is 2.34. The Balaban J connectivity index is 2.01. The normalized spacial score (nSPS) is 29.6. The predicted octanol–water partition coefficient (Wildman–Crippen LogP) is 3.83. The van der Waals surface area contributed by atoms with E-state index in [0.717, 1.165) is 24.4 Å². The molecule has 1 aliphatic heterocycles. The number of allylic oxidation sites excluding steroid dienone is 1. The first-order valence-electron chi connectivity index (χ1n) is 8.68. The highest BCUT2D eigenvalue weighted by Crippen LogP contribution is 2.30. The van der Waals surface area contributed by atoms with Crippen molar-refractivity contribution in [1.82, 2.24) is 10.2 Å². The summed E-state index contributed by atoms with van der Waals surface area (Å²) < 4.78 is 0. The third-order valence-corrected chi connectivity index (χ3v) is 5.22. The van der Waals surface area contributed by atoms with Crippen LogP contribution in [0, 0.1) is 11.8 Å². The Hall–Kier alpha value is -0.340. The minimum absolute atomic E-state index is 0.667. The summed E-state index contributed by atoms with van der Waals surface area (Å²) in [5.41, 5.74) is 1.45. The van der Waals surface area contributed by atoms with E-state index < -0.39 is 0 Å². The van der Waals surface area contributed by atoms with Crippen LogP contribution in [0.5, 0.6) is 0 Å². The number of nitrogens with zero attached hydrogens (tertiary/aromatic N) is 1. The van der Waals surface area contributed by atoms with Gasteiger partial charge in [-0.15, -0.1) is 0 Å². The molecule has 1 saturated heterocycles. The van der Waals surface area contributed by atoms with E-state index in [1.165, 1.54) is 50.8 Å². The van der Waals surface area contributed by atoms with Crippen molar-refractivity contribution >= 4 is 0 Å². The summed E-state index contributed by atoms with van der Waals surface area (Å²) in [4.78, 5) is 2.77. The molecule has 2 rings (SSSR count). The lowest BCUT2D eigenvalue weighted by Gasteiger charge is -2.45. The lowest BCUT2D eigenvalue weighted by molar-refractivity contribution is 0.0714. The first-order valence-corrected chi connectivity index (χ1v) is 8.68. The van der Waals surface area contributed by atoms with Crippen LogP contribution in [-0.4, -0.2) is 36.6 Å². The first-order chi connectivity index (χ1) is 9.58. The molecule has 2 unspecified atom stereocenters. The summed E-state index contributed by atoms with van der Waals surface area (Å²) in [6.45, 7) is 12.7. The van der Waals surface area contributed by atoms with E-state index in [4.69, 9.17) is 0 Å². The Kier molecular flexibility index (Phi) is 6.10. The van der Waals surface area contributed by atoms with Gasteiger partial charge in [-0.1, -0.05) is 44.8 Å². The molecule has 1 aliphatic carbocycles. The van der Waals surface area contributed by atoms with E-state index in [0.29, 0.717) is 6.04 Å². The van der Waals surface area contributed by atoms with Crippen molar-refractivity contribution in [2.75, 3.05) is 19.6 Å². The van der Waals surface area contributed by atoms with Crippen molar-refractivity contribution in [3.05, 3.63) is 11.6 Å². The van der Waals surface area contributed by atoms with E-state index in [1.807, 2.05) is 0 Å². The average molecular weight is 278 g/mol. The molecule has 0 aromatic carbocycles. The van der Waals surface area contributed by atoms with E-state index in [-0.39, 0.29) is 0 Å². The minimum Gasteiger partial charge on any atom is -0.311 e. The second-order valence-corrected chi connectivity index (χ2v) is 7.46. The lowest BCUT2D eigenvalue weighted by atomic mass is 9.81. The number of piperazine rings is 1. The van der Waals surface area contributed by atoms with Crippen molar-refractivity contribution < 1.29 is 0 Å². The lowest BCUT2D eigenvalue weighted by Crippen LogP contribution is -2.60. The molecule has 0 aromatic rings. The quantitative estimate of drug-likeness (QED) is 0.786. The standard InChI is InChI=1S/C18H34N2/c1-14(2)10-11-20-13-17(15(3)4)19-12-18(20)16-8-6-5-7-9-16/h10,15-19H,5-9,11-13H2,1-4H3.